The molecule has 8 nitrogen and oxygen atoms in total. The molecule has 1 aliphatic heterocycles. The van der Waals surface area contributed by atoms with Crippen molar-refractivity contribution in [3.05, 3.63) is 65.8 Å². The highest BCUT2D eigenvalue weighted by Crippen LogP contribution is 2.23. The average Bonchev–Trinajstić information content (AvgIpc) is 3.32. The fourth-order valence-corrected chi connectivity index (χ4v) is 3.35. The number of halogens is 2. The van der Waals surface area contributed by atoms with E-state index in [2.05, 4.69) is 30.3 Å². The van der Waals surface area contributed by atoms with Gasteiger partial charge < -0.3 is 9.47 Å². The van der Waals surface area contributed by atoms with E-state index >= 15 is 0 Å². The molecule has 0 bridgehead atoms. The first-order valence-electron chi connectivity index (χ1n) is 8.44. The third kappa shape index (κ3) is 2.60. The molecular formula is C17H14F2N8. The van der Waals surface area contributed by atoms with Crippen molar-refractivity contribution < 1.29 is 8.78 Å². The largest absolute Gasteiger partial charge is 0.344 e. The second-order valence-corrected chi connectivity index (χ2v) is 6.31. The van der Waals surface area contributed by atoms with Crippen LogP contribution in [-0.2, 0) is 19.5 Å². The number of hydrogen-bond donors (Lipinski definition) is 0. The van der Waals surface area contributed by atoms with E-state index < -0.39 is 11.6 Å². The van der Waals surface area contributed by atoms with Crippen LogP contribution in [0, 0.1) is 11.6 Å². The molecule has 4 heterocycles. The zero-order valence-electron chi connectivity index (χ0n) is 14.1. The predicted octanol–water partition coefficient (Wildman–Crippen LogP) is 1.60. The van der Waals surface area contributed by atoms with E-state index in [0.29, 0.717) is 31.1 Å². The van der Waals surface area contributed by atoms with E-state index in [0.717, 1.165) is 17.7 Å². The van der Waals surface area contributed by atoms with Crippen molar-refractivity contribution in [2.45, 2.75) is 19.5 Å². The summed E-state index contributed by atoms with van der Waals surface area (Å²) < 4.78 is 31.2. The summed E-state index contributed by atoms with van der Waals surface area (Å²) in [7, 11) is 0. The summed E-state index contributed by atoms with van der Waals surface area (Å²) in [4.78, 5) is 6.48. The Kier molecular flexibility index (Phi) is 3.56. The first-order chi connectivity index (χ1) is 13.2. The van der Waals surface area contributed by atoms with Crippen molar-refractivity contribution in [3.63, 3.8) is 0 Å². The van der Waals surface area contributed by atoms with E-state index in [1.807, 2.05) is 4.57 Å². The minimum Gasteiger partial charge on any atom is -0.344 e. The van der Waals surface area contributed by atoms with Gasteiger partial charge in [0.2, 0.25) is 5.65 Å². The van der Waals surface area contributed by atoms with Crippen molar-refractivity contribution in [1.82, 2.24) is 34.3 Å². The van der Waals surface area contributed by atoms with Crippen LogP contribution in [0.1, 0.15) is 17.2 Å². The molecule has 1 aliphatic rings. The average molecular weight is 368 g/mol. The van der Waals surface area contributed by atoms with Crippen LogP contribution < -0.4 is 4.90 Å². The molecule has 0 saturated heterocycles. The van der Waals surface area contributed by atoms with Gasteiger partial charge >= 0.3 is 0 Å². The molecule has 27 heavy (non-hydrogen) atoms. The second kappa shape index (κ2) is 6.08. The van der Waals surface area contributed by atoms with Crippen LogP contribution in [0.5, 0.6) is 0 Å². The van der Waals surface area contributed by atoms with Gasteiger partial charge in [-0.2, -0.15) is 0 Å². The highest BCUT2D eigenvalue weighted by atomic mass is 19.2. The Hall–Kier alpha value is -3.43. The monoisotopic (exact) mass is 368 g/mol. The number of fused-ring (bicyclic) bond motifs is 2. The van der Waals surface area contributed by atoms with Gasteiger partial charge in [0.05, 0.1) is 6.54 Å². The van der Waals surface area contributed by atoms with Crippen molar-refractivity contribution in [2.24, 2.45) is 0 Å². The van der Waals surface area contributed by atoms with E-state index in [4.69, 9.17) is 0 Å². The molecule has 0 spiro atoms. The smallest absolute Gasteiger partial charge is 0.203 e. The molecule has 0 fully saturated rings. The molecule has 0 amide bonds. The van der Waals surface area contributed by atoms with Gasteiger partial charge in [0.25, 0.3) is 0 Å². The normalized spacial score (nSPS) is 13.9. The third-order valence-electron chi connectivity index (χ3n) is 4.71. The number of aromatic nitrogens is 7. The topological polar surface area (TPSA) is 77.0 Å². The molecule has 4 aromatic rings. The van der Waals surface area contributed by atoms with Crippen molar-refractivity contribution in [1.29, 1.82) is 0 Å². The fraction of sp³-hybridized carbons (Fsp3) is 0.235. The van der Waals surface area contributed by atoms with Crippen LogP contribution in [0.2, 0.25) is 0 Å². The van der Waals surface area contributed by atoms with Gasteiger partial charge in [-0.3, -0.25) is 4.40 Å². The van der Waals surface area contributed by atoms with Crippen LogP contribution in [0.4, 0.5) is 14.6 Å². The Morgan fingerprint density at radius 3 is 2.93 bits per heavy atom. The second-order valence-electron chi connectivity index (χ2n) is 6.31. The molecule has 136 valence electrons. The fourth-order valence-electron chi connectivity index (χ4n) is 3.35. The number of nitrogens with zero attached hydrogens (tertiary/aromatic N) is 8. The lowest BCUT2D eigenvalue weighted by atomic mass is 10.1. The van der Waals surface area contributed by atoms with Crippen molar-refractivity contribution in [3.8, 4) is 0 Å². The molecule has 0 saturated carbocycles. The van der Waals surface area contributed by atoms with Gasteiger partial charge in [0.1, 0.15) is 12.2 Å². The van der Waals surface area contributed by atoms with E-state index in [1.165, 1.54) is 6.07 Å². The molecule has 1 aromatic carbocycles. The maximum Gasteiger partial charge on any atom is 0.203 e. The predicted molar refractivity (Wildman–Crippen MR) is 91.0 cm³/mol. The van der Waals surface area contributed by atoms with E-state index in [1.54, 1.807) is 29.2 Å². The van der Waals surface area contributed by atoms with Crippen LogP contribution in [0.25, 0.3) is 5.65 Å². The van der Waals surface area contributed by atoms with E-state index in [-0.39, 0.29) is 12.0 Å². The molecule has 10 heteroatoms. The Morgan fingerprint density at radius 1 is 1.07 bits per heavy atom. The summed E-state index contributed by atoms with van der Waals surface area (Å²) in [5, 5.41) is 16.5. The molecule has 0 N–H and O–H groups in total. The number of benzene rings is 1. The van der Waals surface area contributed by atoms with Crippen LogP contribution in [0.3, 0.4) is 0 Å². The van der Waals surface area contributed by atoms with Gasteiger partial charge in [-0.25, -0.2) is 13.8 Å². The third-order valence-corrected chi connectivity index (χ3v) is 4.71. The van der Waals surface area contributed by atoms with Crippen LogP contribution in [0.15, 0.2) is 36.9 Å². The molecule has 0 radical (unpaired) electrons. The molecule has 0 atom stereocenters. The number of anilines is 1. The van der Waals surface area contributed by atoms with Gasteiger partial charge in [-0.15, -0.1) is 20.4 Å². The summed E-state index contributed by atoms with van der Waals surface area (Å²) >= 11 is 0. The minimum absolute atomic E-state index is 0.189. The first kappa shape index (κ1) is 15.8. The van der Waals surface area contributed by atoms with Crippen molar-refractivity contribution in [2.75, 3.05) is 11.4 Å². The zero-order chi connectivity index (χ0) is 18.4. The molecule has 3 aromatic heterocycles. The van der Waals surface area contributed by atoms with E-state index in [9.17, 15) is 8.78 Å². The maximum atomic E-state index is 14.0. The van der Waals surface area contributed by atoms with Crippen LogP contribution >= 0.6 is 0 Å². The van der Waals surface area contributed by atoms with Gasteiger partial charge in [0, 0.05) is 31.9 Å². The number of rotatable bonds is 3. The van der Waals surface area contributed by atoms with Gasteiger partial charge in [-0.1, -0.05) is 12.1 Å². The quantitative estimate of drug-likeness (QED) is 0.547. The zero-order valence-corrected chi connectivity index (χ0v) is 14.1. The number of hydrogen-bond acceptors (Lipinski definition) is 6. The molecule has 0 unspecified atom stereocenters. The first-order valence-corrected chi connectivity index (χ1v) is 8.44. The van der Waals surface area contributed by atoms with Gasteiger partial charge in [0.15, 0.2) is 23.3 Å². The summed E-state index contributed by atoms with van der Waals surface area (Å²) in [6.45, 7) is 1.78. The molecule has 5 rings (SSSR count). The summed E-state index contributed by atoms with van der Waals surface area (Å²) in [6, 6.07) is 4.16. The molecular weight excluding hydrogens is 354 g/mol. The molecule has 0 aliphatic carbocycles. The maximum absolute atomic E-state index is 14.0. The Morgan fingerprint density at radius 2 is 2.00 bits per heavy atom. The Labute approximate surface area is 152 Å². The Balaban J connectivity index is 1.43. The lowest BCUT2D eigenvalue weighted by molar-refractivity contribution is 0.497. The lowest BCUT2D eigenvalue weighted by Crippen LogP contribution is -2.35. The van der Waals surface area contributed by atoms with Crippen LogP contribution in [-0.4, -0.2) is 40.9 Å². The van der Waals surface area contributed by atoms with Crippen molar-refractivity contribution >= 4 is 11.5 Å². The SMILES string of the molecule is Fc1cccc(Cc2nnc3n2CCN(c2nccn4cnnc24)C3)c1F. The Bertz CT molecular complexity index is 1140. The highest BCUT2D eigenvalue weighted by Gasteiger charge is 2.24. The minimum atomic E-state index is -0.857. The standard InChI is InChI=1S/C17H14F2N8/c18-12-3-1-2-11(15(12)19)8-13-22-23-14-9-25(6-7-27(13)14)16-17-24-21-10-26(17)5-4-20-16/h1-5,10H,6-9H2. The lowest BCUT2D eigenvalue weighted by Gasteiger charge is -2.28. The summed E-state index contributed by atoms with van der Waals surface area (Å²) in [6.07, 6.45) is 5.30. The summed E-state index contributed by atoms with van der Waals surface area (Å²) in [5.74, 6) is 0.389. The summed E-state index contributed by atoms with van der Waals surface area (Å²) in [5.41, 5.74) is 0.940. The van der Waals surface area contributed by atoms with Gasteiger partial charge in [-0.05, 0) is 11.6 Å². The highest BCUT2D eigenvalue weighted by molar-refractivity contribution is 5.63.